The number of nitrogens with zero attached hydrogens (tertiary/aromatic N) is 2. The van der Waals surface area contributed by atoms with Crippen LogP contribution >= 0.6 is 11.6 Å². The predicted octanol–water partition coefficient (Wildman–Crippen LogP) is 2.40. The number of furan rings is 1. The van der Waals surface area contributed by atoms with Gasteiger partial charge in [-0.1, -0.05) is 11.6 Å². The van der Waals surface area contributed by atoms with E-state index in [0.717, 1.165) is 5.76 Å². The van der Waals surface area contributed by atoms with Crippen LogP contribution in [0.15, 0.2) is 52.0 Å². The third kappa shape index (κ3) is 4.23. The molecule has 1 amide bonds. The Bertz CT molecular complexity index is 811. The van der Waals surface area contributed by atoms with Gasteiger partial charge in [-0.25, -0.2) is 8.42 Å². The van der Waals surface area contributed by atoms with Crippen molar-refractivity contribution in [2.75, 3.05) is 26.2 Å². The summed E-state index contributed by atoms with van der Waals surface area (Å²) in [7, 11) is -3.55. The molecule has 0 N–H and O–H groups in total. The lowest BCUT2D eigenvalue weighted by molar-refractivity contribution is -0.132. The molecule has 134 valence electrons. The van der Waals surface area contributed by atoms with Gasteiger partial charge in [0.15, 0.2) is 0 Å². The first-order valence-corrected chi connectivity index (χ1v) is 9.84. The van der Waals surface area contributed by atoms with Crippen molar-refractivity contribution >= 4 is 27.5 Å². The molecule has 0 radical (unpaired) electrons. The summed E-state index contributed by atoms with van der Waals surface area (Å²) in [6, 6.07) is 9.74. The van der Waals surface area contributed by atoms with Crippen LogP contribution in [-0.4, -0.2) is 49.7 Å². The summed E-state index contributed by atoms with van der Waals surface area (Å²) < 4.78 is 31.9. The van der Waals surface area contributed by atoms with Crippen molar-refractivity contribution in [3.63, 3.8) is 0 Å². The van der Waals surface area contributed by atoms with Gasteiger partial charge in [0.1, 0.15) is 5.76 Å². The van der Waals surface area contributed by atoms with Crippen LogP contribution in [0.25, 0.3) is 0 Å². The molecule has 0 bridgehead atoms. The number of halogens is 1. The zero-order valence-electron chi connectivity index (χ0n) is 13.6. The minimum Gasteiger partial charge on any atom is -0.469 e. The van der Waals surface area contributed by atoms with E-state index >= 15 is 0 Å². The lowest BCUT2D eigenvalue weighted by Crippen LogP contribution is -2.50. The summed E-state index contributed by atoms with van der Waals surface area (Å²) in [4.78, 5) is 14.2. The molecular weight excluding hydrogens is 364 g/mol. The van der Waals surface area contributed by atoms with Crippen LogP contribution in [0.4, 0.5) is 0 Å². The van der Waals surface area contributed by atoms with Gasteiger partial charge in [0.05, 0.1) is 11.2 Å². The van der Waals surface area contributed by atoms with Gasteiger partial charge in [-0.15, -0.1) is 0 Å². The minimum atomic E-state index is -3.55. The van der Waals surface area contributed by atoms with Gasteiger partial charge < -0.3 is 9.32 Å². The number of rotatable bonds is 5. The molecule has 0 atom stereocenters. The molecule has 0 unspecified atom stereocenters. The molecule has 1 aromatic heterocycles. The highest BCUT2D eigenvalue weighted by molar-refractivity contribution is 7.89. The lowest BCUT2D eigenvalue weighted by Gasteiger charge is -2.34. The Morgan fingerprint density at radius 2 is 1.76 bits per heavy atom. The van der Waals surface area contributed by atoms with E-state index in [1.807, 2.05) is 6.07 Å². The van der Waals surface area contributed by atoms with Gasteiger partial charge in [-0.2, -0.15) is 4.31 Å². The molecule has 3 rings (SSSR count). The summed E-state index contributed by atoms with van der Waals surface area (Å²) in [6.45, 7) is 1.36. The van der Waals surface area contributed by atoms with Crippen LogP contribution in [0.3, 0.4) is 0 Å². The SMILES string of the molecule is O=C(CCc1ccco1)N1CCN(S(=O)(=O)c2ccc(Cl)cc2)CC1. The first-order chi connectivity index (χ1) is 12.0. The summed E-state index contributed by atoms with van der Waals surface area (Å²) in [5.41, 5.74) is 0. The Kier molecular flexibility index (Phi) is 5.46. The van der Waals surface area contributed by atoms with Crippen molar-refractivity contribution in [1.29, 1.82) is 0 Å². The molecular formula is C17H19ClN2O4S. The van der Waals surface area contributed by atoms with Crippen molar-refractivity contribution in [1.82, 2.24) is 9.21 Å². The van der Waals surface area contributed by atoms with E-state index in [4.69, 9.17) is 16.0 Å². The molecule has 1 saturated heterocycles. The number of carbonyl (C=O) groups is 1. The Morgan fingerprint density at radius 3 is 2.36 bits per heavy atom. The molecule has 6 nitrogen and oxygen atoms in total. The Labute approximate surface area is 152 Å². The number of benzene rings is 1. The van der Waals surface area contributed by atoms with Crippen LogP contribution in [0.5, 0.6) is 0 Å². The first kappa shape index (κ1) is 18.0. The summed E-state index contributed by atoms with van der Waals surface area (Å²) in [6.07, 6.45) is 2.49. The number of piperazine rings is 1. The van der Waals surface area contributed by atoms with Crippen molar-refractivity contribution in [2.45, 2.75) is 17.7 Å². The quantitative estimate of drug-likeness (QED) is 0.796. The second-order valence-corrected chi connectivity index (χ2v) is 8.19. The smallest absolute Gasteiger partial charge is 0.243 e. The maximum Gasteiger partial charge on any atom is 0.243 e. The fourth-order valence-electron chi connectivity index (χ4n) is 2.78. The van der Waals surface area contributed by atoms with Crippen molar-refractivity contribution in [3.8, 4) is 0 Å². The van der Waals surface area contributed by atoms with Crippen LogP contribution in [0.1, 0.15) is 12.2 Å². The summed E-state index contributed by atoms with van der Waals surface area (Å²) in [5.74, 6) is 0.789. The standard InChI is InChI=1S/C17H19ClN2O4S/c18-14-3-6-16(7-4-14)25(22,23)20-11-9-19(10-12-20)17(21)8-5-15-2-1-13-24-15/h1-4,6-7,13H,5,8-12H2. The largest absolute Gasteiger partial charge is 0.469 e. The first-order valence-electron chi connectivity index (χ1n) is 8.03. The Balaban J connectivity index is 1.55. The van der Waals surface area contributed by atoms with Crippen LogP contribution < -0.4 is 0 Å². The fraction of sp³-hybridized carbons (Fsp3) is 0.353. The number of sulfonamides is 1. The van der Waals surface area contributed by atoms with E-state index in [9.17, 15) is 13.2 Å². The molecule has 1 aromatic carbocycles. The molecule has 0 aliphatic carbocycles. The van der Waals surface area contributed by atoms with Gasteiger partial charge in [-0.05, 0) is 36.4 Å². The molecule has 8 heteroatoms. The molecule has 0 spiro atoms. The van der Waals surface area contributed by atoms with Gasteiger partial charge in [-0.3, -0.25) is 4.79 Å². The van der Waals surface area contributed by atoms with Crippen molar-refractivity contribution < 1.29 is 17.6 Å². The van der Waals surface area contributed by atoms with E-state index < -0.39 is 10.0 Å². The van der Waals surface area contributed by atoms with Crippen LogP contribution in [0.2, 0.25) is 5.02 Å². The number of hydrogen-bond acceptors (Lipinski definition) is 4. The minimum absolute atomic E-state index is 0.0138. The van der Waals surface area contributed by atoms with E-state index in [-0.39, 0.29) is 23.9 Å². The highest BCUT2D eigenvalue weighted by atomic mass is 35.5. The zero-order chi connectivity index (χ0) is 17.9. The molecule has 1 fully saturated rings. The predicted molar refractivity (Wildman–Crippen MR) is 93.8 cm³/mol. The second-order valence-electron chi connectivity index (χ2n) is 5.82. The number of hydrogen-bond donors (Lipinski definition) is 0. The van der Waals surface area contributed by atoms with Crippen LogP contribution in [0, 0.1) is 0 Å². The third-order valence-corrected chi connectivity index (χ3v) is 6.37. The Morgan fingerprint density at radius 1 is 1.08 bits per heavy atom. The van der Waals surface area contributed by atoms with Crippen molar-refractivity contribution in [3.05, 3.63) is 53.4 Å². The van der Waals surface area contributed by atoms with E-state index in [0.29, 0.717) is 31.0 Å². The second kappa shape index (κ2) is 7.59. The van der Waals surface area contributed by atoms with Crippen LogP contribution in [-0.2, 0) is 21.2 Å². The van der Waals surface area contributed by atoms with E-state index in [2.05, 4.69) is 0 Å². The lowest BCUT2D eigenvalue weighted by atomic mass is 10.2. The molecule has 2 heterocycles. The van der Waals surface area contributed by atoms with Gasteiger partial charge in [0.25, 0.3) is 0 Å². The average molecular weight is 383 g/mol. The molecule has 0 saturated carbocycles. The molecule has 25 heavy (non-hydrogen) atoms. The molecule has 2 aromatic rings. The monoisotopic (exact) mass is 382 g/mol. The van der Waals surface area contributed by atoms with Gasteiger partial charge in [0, 0.05) is 44.0 Å². The van der Waals surface area contributed by atoms with E-state index in [1.54, 1.807) is 29.4 Å². The molecule has 1 aliphatic heterocycles. The maximum absolute atomic E-state index is 12.6. The number of carbonyl (C=O) groups excluding carboxylic acids is 1. The highest BCUT2D eigenvalue weighted by Crippen LogP contribution is 2.20. The topological polar surface area (TPSA) is 70.8 Å². The van der Waals surface area contributed by atoms with Gasteiger partial charge >= 0.3 is 0 Å². The third-order valence-electron chi connectivity index (χ3n) is 4.21. The molecule has 1 aliphatic rings. The highest BCUT2D eigenvalue weighted by Gasteiger charge is 2.29. The van der Waals surface area contributed by atoms with E-state index in [1.165, 1.54) is 16.4 Å². The average Bonchev–Trinajstić information content (AvgIpc) is 3.14. The summed E-state index contributed by atoms with van der Waals surface area (Å²) in [5, 5.41) is 0.492. The van der Waals surface area contributed by atoms with Gasteiger partial charge in [0.2, 0.25) is 15.9 Å². The summed E-state index contributed by atoms with van der Waals surface area (Å²) >= 11 is 5.81. The number of aryl methyl sites for hydroxylation is 1. The number of amides is 1. The Hall–Kier alpha value is -1.83. The fourth-order valence-corrected chi connectivity index (χ4v) is 4.32. The van der Waals surface area contributed by atoms with Crippen molar-refractivity contribution in [2.24, 2.45) is 0 Å². The zero-order valence-corrected chi connectivity index (χ0v) is 15.2. The normalized spacial score (nSPS) is 16.1. The maximum atomic E-state index is 12.6.